The van der Waals surface area contributed by atoms with Gasteiger partial charge in [-0.05, 0) is 0 Å². The van der Waals surface area contributed by atoms with E-state index in [1.807, 2.05) is 0 Å². The Balaban J connectivity index is 4.75. The number of halogens is 3. The van der Waals surface area contributed by atoms with E-state index in [2.05, 4.69) is 0 Å². The van der Waals surface area contributed by atoms with E-state index in [9.17, 15) is 21.6 Å². The van der Waals surface area contributed by atoms with Crippen LogP contribution in [0.5, 0.6) is 0 Å². The highest BCUT2D eigenvalue weighted by molar-refractivity contribution is 7.89. The van der Waals surface area contributed by atoms with Crippen LogP contribution in [-0.2, 0) is 10.0 Å². The minimum Gasteiger partial charge on any atom is -0.395 e. The normalized spacial score (nSPS) is 12.8. The maximum Gasteiger partial charge on any atom is 0.402 e. The van der Waals surface area contributed by atoms with Crippen LogP contribution in [0.2, 0.25) is 0 Å². The first-order valence-electron chi connectivity index (χ1n) is 3.75. The Morgan fingerprint density at radius 1 is 1.40 bits per heavy atom. The smallest absolute Gasteiger partial charge is 0.395 e. The molecule has 15 heavy (non-hydrogen) atoms. The van der Waals surface area contributed by atoms with E-state index in [1.165, 1.54) is 6.07 Å². The second-order valence-corrected chi connectivity index (χ2v) is 4.56. The van der Waals surface area contributed by atoms with Gasteiger partial charge in [0.2, 0.25) is 10.0 Å². The van der Waals surface area contributed by atoms with Crippen molar-refractivity contribution in [1.29, 1.82) is 5.26 Å². The number of aliphatic hydroxyl groups is 1. The van der Waals surface area contributed by atoms with Gasteiger partial charge in [0.25, 0.3) is 0 Å². The summed E-state index contributed by atoms with van der Waals surface area (Å²) in [6.07, 6.45) is -4.70. The highest BCUT2D eigenvalue weighted by atomic mass is 32.2. The van der Waals surface area contributed by atoms with Gasteiger partial charge in [0.1, 0.15) is 6.54 Å². The lowest BCUT2D eigenvalue weighted by molar-refractivity contribution is -0.136. The maximum atomic E-state index is 11.9. The fraction of sp³-hybridized carbons (Fsp3) is 0.833. The first-order chi connectivity index (χ1) is 6.73. The number of nitriles is 1. The molecular weight excluding hydrogens is 237 g/mol. The van der Waals surface area contributed by atoms with Crippen molar-refractivity contribution in [3.8, 4) is 6.07 Å². The van der Waals surface area contributed by atoms with Gasteiger partial charge in [-0.25, -0.2) is 8.42 Å². The van der Waals surface area contributed by atoms with Crippen molar-refractivity contribution in [2.75, 3.05) is 25.4 Å². The number of alkyl halides is 3. The lowest BCUT2D eigenvalue weighted by Crippen LogP contribution is -2.41. The molecule has 1 N–H and O–H groups in total. The lowest BCUT2D eigenvalue weighted by Gasteiger charge is -2.20. The van der Waals surface area contributed by atoms with Gasteiger partial charge in [0, 0.05) is 6.54 Å². The van der Waals surface area contributed by atoms with Crippen molar-refractivity contribution in [3.63, 3.8) is 0 Å². The minimum atomic E-state index is -4.70. The maximum absolute atomic E-state index is 11.9. The van der Waals surface area contributed by atoms with Crippen molar-refractivity contribution < 1.29 is 26.7 Å². The Kier molecular flexibility index (Phi) is 4.99. The van der Waals surface area contributed by atoms with Crippen LogP contribution in [0.4, 0.5) is 13.2 Å². The van der Waals surface area contributed by atoms with Crippen molar-refractivity contribution in [2.45, 2.75) is 6.18 Å². The summed E-state index contributed by atoms with van der Waals surface area (Å²) in [7, 11) is -4.28. The molecule has 0 aromatic carbocycles. The predicted octanol–water partition coefficient (Wildman–Crippen LogP) is -0.304. The van der Waals surface area contributed by atoms with Gasteiger partial charge < -0.3 is 5.11 Å². The molecular formula is C6H9F3N2O3S. The summed E-state index contributed by atoms with van der Waals surface area (Å²) < 4.78 is 58.0. The zero-order chi connectivity index (χ0) is 12.1. The van der Waals surface area contributed by atoms with Gasteiger partial charge in [0.05, 0.1) is 12.7 Å². The van der Waals surface area contributed by atoms with Gasteiger partial charge in [-0.15, -0.1) is 0 Å². The first-order valence-corrected chi connectivity index (χ1v) is 5.36. The monoisotopic (exact) mass is 246 g/mol. The fourth-order valence-corrected chi connectivity index (χ4v) is 1.85. The fourth-order valence-electron chi connectivity index (χ4n) is 0.801. The van der Waals surface area contributed by atoms with E-state index in [-0.39, 0.29) is 4.31 Å². The highest BCUT2D eigenvalue weighted by Gasteiger charge is 2.35. The van der Waals surface area contributed by atoms with Gasteiger partial charge in [0.15, 0.2) is 5.75 Å². The third kappa shape index (κ3) is 5.56. The number of hydrogen-bond donors (Lipinski definition) is 1. The SMILES string of the molecule is N#CCS(=O)(=O)N(CCO)CC(F)(F)F. The summed E-state index contributed by atoms with van der Waals surface area (Å²) >= 11 is 0. The Labute approximate surface area is 84.8 Å². The lowest BCUT2D eigenvalue weighted by atomic mass is 10.6. The molecule has 5 nitrogen and oxygen atoms in total. The standard InChI is InChI=1S/C6H9F3N2O3S/c7-6(8,9)5-11(2-3-12)15(13,14)4-1-10/h12H,2-5H2. The molecule has 0 saturated heterocycles. The van der Waals surface area contributed by atoms with Crippen LogP contribution in [0.25, 0.3) is 0 Å². The molecule has 0 saturated carbocycles. The van der Waals surface area contributed by atoms with E-state index in [4.69, 9.17) is 10.4 Å². The van der Waals surface area contributed by atoms with Crippen molar-refractivity contribution in [2.24, 2.45) is 0 Å². The second kappa shape index (κ2) is 5.29. The molecule has 0 aromatic rings. The van der Waals surface area contributed by atoms with Crippen LogP contribution in [-0.4, -0.2) is 49.5 Å². The van der Waals surface area contributed by atoms with Crippen LogP contribution in [0, 0.1) is 11.3 Å². The third-order valence-electron chi connectivity index (χ3n) is 1.35. The molecule has 9 heteroatoms. The van der Waals surface area contributed by atoms with Crippen LogP contribution in [0.15, 0.2) is 0 Å². The summed E-state index contributed by atoms with van der Waals surface area (Å²) in [6.45, 7) is -3.11. The third-order valence-corrected chi connectivity index (χ3v) is 2.94. The summed E-state index contributed by atoms with van der Waals surface area (Å²) in [6, 6.07) is 1.25. The number of rotatable bonds is 5. The van der Waals surface area contributed by atoms with Gasteiger partial charge in [-0.1, -0.05) is 0 Å². The zero-order valence-corrected chi connectivity index (χ0v) is 8.35. The molecule has 0 fully saturated rings. The molecule has 0 aliphatic heterocycles. The van der Waals surface area contributed by atoms with Crippen molar-refractivity contribution in [1.82, 2.24) is 4.31 Å². The predicted molar refractivity (Wildman–Crippen MR) is 44.1 cm³/mol. The molecule has 0 heterocycles. The van der Waals surface area contributed by atoms with E-state index in [1.54, 1.807) is 0 Å². The van der Waals surface area contributed by atoms with Gasteiger partial charge >= 0.3 is 6.18 Å². The number of aliphatic hydroxyl groups excluding tert-OH is 1. The highest BCUT2D eigenvalue weighted by Crippen LogP contribution is 2.18. The molecule has 88 valence electrons. The summed E-state index contributed by atoms with van der Waals surface area (Å²) in [4.78, 5) is 0. The first kappa shape index (κ1) is 14.2. The average Bonchev–Trinajstić information content (AvgIpc) is 2.01. The molecule has 0 unspecified atom stereocenters. The Morgan fingerprint density at radius 3 is 2.27 bits per heavy atom. The Morgan fingerprint density at radius 2 is 1.93 bits per heavy atom. The molecule has 0 amide bonds. The number of nitrogens with zero attached hydrogens (tertiary/aromatic N) is 2. The van der Waals surface area contributed by atoms with E-state index < -0.39 is 41.6 Å². The minimum absolute atomic E-state index is 0.0379. The zero-order valence-electron chi connectivity index (χ0n) is 7.53. The van der Waals surface area contributed by atoms with Crippen molar-refractivity contribution in [3.05, 3.63) is 0 Å². The average molecular weight is 246 g/mol. The van der Waals surface area contributed by atoms with Crippen LogP contribution in [0.3, 0.4) is 0 Å². The quantitative estimate of drug-likeness (QED) is 0.721. The van der Waals surface area contributed by atoms with Crippen LogP contribution >= 0.6 is 0 Å². The van der Waals surface area contributed by atoms with Crippen molar-refractivity contribution >= 4 is 10.0 Å². The number of hydrogen-bond acceptors (Lipinski definition) is 4. The second-order valence-electron chi connectivity index (χ2n) is 2.59. The van der Waals surface area contributed by atoms with E-state index in [0.29, 0.717) is 0 Å². The topological polar surface area (TPSA) is 81.4 Å². The summed E-state index contributed by atoms with van der Waals surface area (Å²) in [5.41, 5.74) is 0. The Bertz CT molecular complexity index is 333. The van der Waals surface area contributed by atoms with E-state index in [0.717, 1.165) is 0 Å². The summed E-state index contributed by atoms with van der Waals surface area (Å²) in [5, 5.41) is 16.5. The number of sulfonamides is 1. The molecule has 0 aliphatic carbocycles. The molecule has 0 rings (SSSR count). The van der Waals surface area contributed by atoms with Crippen LogP contribution < -0.4 is 0 Å². The molecule has 0 spiro atoms. The largest absolute Gasteiger partial charge is 0.402 e. The van der Waals surface area contributed by atoms with Gasteiger partial charge in [-0.3, -0.25) is 0 Å². The van der Waals surface area contributed by atoms with Gasteiger partial charge in [-0.2, -0.15) is 22.7 Å². The Hall–Kier alpha value is -0.850. The molecule has 0 atom stereocenters. The molecule has 0 aliphatic rings. The summed E-state index contributed by atoms with van der Waals surface area (Å²) in [5.74, 6) is -1.04. The molecule has 0 radical (unpaired) electrons. The van der Waals surface area contributed by atoms with E-state index >= 15 is 0 Å². The van der Waals surface area contributed by atoms with Crippen LogP contribution in [0.1, 0.15) is 0 Å². The molecule has 0 bridgehead atoms. The molecule has 0 aromatic heterocycles.